The zero-order valence-electron chi connectivity index (χ0n) is 12.4. The van der Waals surface area contributed by atoms with Gasteiger partial charge in [-0.25, -0.2) is 0 Å². The Hall–Kier alpha value is -1.96. The minimum atomic E-state index is 0.614. The Morgan fingerprint density at radius 2 is 1.62 bits per heavy atom. The predicted octanol–water partition coefficient (Wildman–Crippen LogP) is 4.87. The van der Waals surface area contributed by atoms with Crippen molar-refractivity contribution in [2.45, 2.75) is 32.3 Å². The van der Waals surface area contributed by atoms with E-state index in [0.717, 1.165) is 23.9 Å². The minimum absolute atomic E-state index is 0.614. The molecule has 110 valence electrons. The first-order valence-corrected chi connectivity index (χ1v) is 7.91. The Bertz CT molecular complexity index is 547. The van der Waals surface area contributed by atoms with Gasteiger partial charge in [0, 0.05) is 6.54 Å². The van der Waals surface area contributed by atoms with Crippen molar-refractivity contribution in [3.8, 4) is 5.75 Å². The first-order chi connectivity index (χ1) is 10.4. The third-order valence-electron chi connectivity index (χ3n) is 4.18. The topological polar surface area (TPSA) is 21.3 Å². The molecule has 2 heteroatoms. The summed E-state index contributed by atoms with van der Waals surface area (Å²) in [6.45, 7) is 1.68. The average Bonchev–Trinajstić information content (AvgIpc) is 3.06. The van der Waals surface area contributed by atoms with Gasteiger partial charge in [-0.1, -0.05) is 55.3 Å². The highest BCUT2D eigenvalue weighted by Crippen LogP contribution is 2.28. The van der Waals surface area contributed by atoms with Gasteiger partial charge in [-0.3, -0.25) is 0 Å². The van der Waals surface area contributed by atoms with Crippen LogP contribution in [0.3, 0.4) is 0 Å². The van der Waals surface area contributed by atoms with Gasteiger partial charge >= 0.3 is 0 Å². The Morgan fingerprint density at radius 1 is 0.905 bits per heavy atom. The molecule has 0 heterocycles. The van der Waals surface area contributed by atoms with Crippen molar-refractivity contribution >= 4 is 5.69 Å². The molecule has 0 spiro atoms. The smallest absolute Gasteiger partial charge is 0.142 e. The molecule has 2 nitrogen and oxygen atoms in total. The van der Waals surface area contributed by atoms with Crippen LogP contribution in [0.25, 0.3) is 0 Å². The second-order valence-electron chi connectivity index (χ2n) is 5.80. The fraction of sp³-hybridized carbons (Fsp3) is 0.368. The fourth-order valence-corrected chi connectivity index (χ4v) is 2.94. The van der Waals surface area contributed by atoms with Crippen molar-refractivity contribution in [1.82, 2.24) is 0 Å². The molecule has 21 heavy (non-hydrogen) atoms. The highest BCUT2D eigenvalue weighted by atomic mass is 16.5. The fourth-order valence-electron chi connectivity index (χ4n) is 2.94. The van der Waals surface area contributed by atoms with Crippen LogP contribution < -0.4 is 10.1 Å². The van der Waals surface area contributed by atoms with E-state index in [1.165, 1.54) is 31.2 Å². The van der Waals surface area contributed by atoms with Crippen molar-refractivity contribution in [2.75, 3.05) is 11.9 Å². The molecule has 1 saturated carbocycles. The lowest BCUT2D eigenvalue weighted by Gasteiger charge is -2.15. The third kappa shape index (κ3) is 4.01. The molecular formula is C19H23NO. The van der Waals surface area contributed by atoms with Crippen LogP contribution in [-0.4, -0.2) is 6.54 Å². The van der Waals surface area contributed by atoms with Gasteiger partial charge in [0.25, 0.3) is 0 Å². The normalized spacial score (nSPS) is 15.0. The maximum Gasteiger partial charge on any atom is 0.142 e. The maximum absolute atomic E-state index is 5.98. The monoisotopic (exact) mass is 281 g/mol. The number of nitrogens with one attached hydrogen (secondary N) is 1. The van der Waals surface area contributed by atoms with E-state index in [9.17, 15) is 0 Å². The molecule has 2 aromatic carbocycles. The van der Waals surface area contributed by atoms with Crippen LogP contribution in [0.4, 0.5) is 5.69 Å². The first-order valence-electron chi connectivity index (χ1n) is 7.91. The lowest BCUT2D eigenvalue weighted by atomic mass is 10.1. The number of para-hydroxylation sites is 2. The van der Waals surface area contributed by atoms with Crippen LogP contribution in [0.1, 0.15) is 31.2 Å². The van der Waals surface area contributed by atoms with Crippen LogP contribution in [-0.2, 0) is 6.61 Å². The Balaban J connectivity index is 1.59. The molecule has 0 radical (unpaired) electrons. The maximum atomic E-state index is 5.98. The molecule has 1 fully saturated rings. The number of ether oxygens (including phenoxy) is 1. The van der Waals surface area contributed by atoms with Crippen molar-refractivity contribution in [3.05, 3.63) is 60.2 Å². The second-order valence-corrected chi connectivity index (χ2v) is 5.80. The van der Waals surface area contributed by atoms with Gasteiger partial charge in [0.05, 0.1) is 5.69 Å². The first kappa shape index (κ1) is 14.0. The van der Waals surface area contributed by atoms with Gasteiger partial charge < -0.3 is 10.1 Å². The molecule has 0 unspecified atom stereocenters. The summed E-state index contributed by atoms with van der Waals surface area (Å²) in [5, 5.41) is 3.57. The standard InChI is InChI=1S/C19H23NO/c1-2-10-17(11-3-1)15-21-19-13-7-6-12-18(19)20-14-16-8-4-5-9-16/h1-3,6-7,10-13,16,20H,4-5,8-9,14-15H2. The van der Waals surface area contributed by atoms with Gasteiger partial charge in [0.2, 0.25) is 0 Å². The van der Waals surface area contributed by atoms with E-state index < -0.39 is 0 Å². The summed E-state index contributed by atoms with van der Waals surface area (Å²) in [5.41, 5.74) is 2.31. The zero-order valence-corrected chi connectivity index (χ0v) is 12.4. The highest BCUT2D eigenvalue weighted by molar-refractivity contribution is 5.56. The molecule has 1 N–H and O–H groups in total. The van der Waals surface area contributed by atoms with Crippen LogP contribution >= 0.6 is 0 Å². The summed E-state index contributed by atoms with van der Waals surface area (Å²) in [4.78, 5) is 0. The predicted molar refractivity (Wildman–Crippen MR) is 87.7 cm³/mol. The Labute approximate surface area is 127 Å². The summed E-state index contributed by atoms with van der Waals surface area (Å²) >= 11 is 0. The molecular weight excluding hydrogens is 258 g/mol. The van der Waals surface area contributed by atoms with Gasteiger partial charge in [-0.2, -0.15) is 0 Å². The Morgan fingerprint density at radius 3 is 2.43 bits per heavy atom. The van der Waals surface area contributed by atoms with Crippen LogP contribution in [0.5, 0.6) is 5.75 Å². The molecule has 0 aromatic heterocycles. The van der Waals surface area contributed by atoms with E-state index in [0.29, 0.717) is 6.61 Å². The largest absolute Gasteiger partial charge is 0.487 e. The van der Waals surface area contributed by atoms with Gasteiger partial charge in [0.15, 0.2) is 0 Å². The summed E-state index contributed by atoms with van der Waals surface area (Å²) in [5.74, 6) is 1.77. The number of anilines is 1. The molecule has 2 aromatic rings. The highest BCUT2D eigenvalue weighted by Gasteiger charge is 2.15. The molecule has 1 aliphatic rings. The number of hydrogen-bond acceptors (Lipinski definition) is 2. The molecule has 0 saturated heterocycles. The van der Waals surface area contributed by atoms with E-state index >= 15 is 0 Å². The summed E-state index contributed by atoms with van der Waals surface area (Å²) in [6, 6.07) is 18.5. The van der Waals surface area contributed by atoms with E-state index in [1.807, 2.05) is 30.3 Å². The van der Waals surface area contributed by atoms with Crippen molar-refractivity contribution < 1.29 is 4.74 Å². The Kier molecular flexibility index (Phi) is 4.78. The lowest BCUT2D eigenvalue weighted by molar-refractivity contribution is 0.307. The number of hydrogen-bond donors (Lipinski definition) is 1. The number of benzene rings is 2. The van der Waals surface area contributed by atoms with Crippen LogP contribution in [0.2, 0.25) is 0 Å². The van der Waals surface area contributed by atoms with Crippen LogP contribution in [0.15, 0.2) is 54.6 Å². The van der Waals surface area contributed by atoms with E-state index in [-0.39, 0.29) is 0 Å². The van der Waals surface area contributed by atoms with Gasteiger partial charge in [-0.05, 0) is 36.5 Å². The van der Waals surface area contributed by atoms with Gasteiger partial charge in [-0.15, -0.1) is 0 Å². The number of rotatable bonds is 6. The molecule has 1 aliphatic carbocycles. The van der Waals surface area contributed by atoms with E-state index in [4.69, 9.17) is 4.74 Å². The quantitative estimate of drug-likeness (QED) is 0.815. The van der Waals surface area contributed by atoms with Crippen LogP contribution in [0, 0.1) is 5.92 Å². The molecule has 3 rings (SSSR count). The summed E-state index contributed by atoms with van der Waals surface area (Å²) < 4.78 is 5.98. The zero-order chi connectivity index (χ0) is 14.3. The third-order valence-corrected chi connectivity index (χ3v) is 4.18. The summed E-state index contributed by atoms with van der Waals surface area (Å²) in [7, 11) is 0. The lowest BCUT2D eigenvalue weighted by Crippen LogP contribution is -2.11. The molecule has 0 amide bonds. The average molecular weight is 281 g/mol. The SMILES string of the molecule is c1ccc(COc2ccccc2NCC2CCCC2)cc1. The van der Waals surface area contributed by atoms with Crippen molar-refractivity contribution in [2.24, 2.45) is 5.92 Å². The second kappa shape index (κ2) is 7.16. The van der Waals surface area contributed by atoms with E-state index in [1.54, 1.807) is 0 Å². The van der Waals surface area contributed by atoms with E-state index in [2.05, 4.69) is 29.6 Å². The van der Waals surface area contributed by atoms with Crippen molar-refractivity contribution in [1.29, 1.82) is 0 Å². The minimum Gasteiger partial charge on any atom is -0.487 e. The molecule has 0 aliphatic heterocycles. The molecule has 0 atom stereocenters. The molecule has 0 bridgehead atoms. The van der Waals surface area contributed by atoms with Gasteiger partial charge in [0.1, 0.15) is 12.4 Å². The van der Waals surface area contributed by atoms with Crippen molar-refractivity contribution in [3.63, 3.8) is 0 Å². The summed E-state index contributed by atoms with van der Waals surface area (Å²) in [6.07, 6.45) is 5.50.